The highest BCUT2D eigenvalue weighted by molar-refractivity contribution is 5.96. The number of aromatic nitrogens is 1. The highest BCUT2D eigenvalue weighted by atomic mass is 19.1. The minimum atomic E-state index is -0.461. The van der Waals surface area contributed by atoms with Gasteiger partial charge >= 0.3 is 11.9 Å². The van der Waals surface area contributed by atoms with Crippen LogP contribution in [0.2, 0.25) is 0 Å². The number of carbonyl (C=O) groups is 1. The fourth-order valence-corrected chi connectivity index (χ4v) is 2.25. The average Bonchev–Trinajstić information content (AvgIpc) is 2.54. The average molecular weight is 360 g/mol. The van der Waals surface area contributed by atoms with E-state index < -0.39 is 6.03 Å². The van der Waals surface area contributed by atoms with Crippen LogP contribution in [0.3, 0.4) is 0 Å². The molecule has 0 saturated heterocycles. The van der Waals surface area contributed by atoms with Crippen molar-refractivity contribution in [2.45, 2.75) is 32.9 Å². The van der Waals surface area contributed by atoms with Gasteiger partial charge in [-0.3, -0.25) is 5.32 Å². The van der Waals surface area contributed by atoms with Crippen LogP contribution in [0.1, 0.15) is 37.9 Å². The van der Waals surface area contributed by atoms with Crippen LogP contribution in [0.15, 0.2) is 36.5 Å². The number of benzene rings is 1. The van der Waals surface area contributed by atoms with E-state index >= 15 is 0 Å². The number of carbonyl (C=O) groups excluding carboxylic acids is 1. The number of urea groups is 1. The fourth-order valence-electron chi connectivity index (χ4n) is 2.25. The van der Waals surface area contributed by atoms with Gasteiger partial charge in [0.25, 0.3) is 0 Å². The molecule has 0 radical (unpaired) electrons. The fraction of sp³-hybridized carbons (Fsp3) is 0.278. The molecule has 138 valence electrons. The van der Waals surface area contributed by atoms with Gasteiger partial charge in [-0.15, -0.1) is 0 Å². The number of halogens is 1. The molecule has 0 aliphatic rings. The number of rotatable bonds is 5. The molecule has 0 bridgehead atoms. The molecular weight excluding hydrogens is 337 g/mol. The summed E-state index contributed by atoms with van der Waals surface area (Å²) in [6.07, 6.45) is 1.34. The summed E-state index contributed by atoms with van der Waals surface area (Å²) in [4.78, 5) is 16.2. The molecule has 0 aliphatic carbocycles. The van der Waals surface area contributed by atoms with Crippen LogP contribution in [0.25, 0.3) is 0 Å². The Morgan fingerprint density at radius 1 is 1.27 bits per heavy atom. The number of ether oxygens (including phenoxy) is 1. The standard InChI is InChI=1S/C18H22FN5O2/c1-10(2)26-17(21)14-9-22-16(8-15(14)20)24-18(25)23-11(3)12-4-6-13(19)7-5-12/h4-11,21H,1-3H3,(H4,20,22,23,24,25)/p+1/t11-/m1/s1. The van der Waals surface area contributed by atoms with Crippen molar-refractivity contribution in [1.82, 2.24) is 10.3 Å². The van der Waals surface area contributed by atoms with E-state index in [4.69, 9.17) is 15.9 Å². The molecule has 0 fully saturated rings. The van der Waals surface area contributed by atoms with Crippen LogP contribution in [-0.2, 0) is 4.74 Å². The SMILES string of the molecule is CC(C)OC(=[NH2+])c1cnc(NC(=O)N[C@H](C)c2ccc(F)cc2)cc1N. The Labute approximate surface area is 151 Å². The van der Waals surface area contributed by atoms with Gasteiger partial charge in [-0.2, -0.15) is 0 Å². The molecule has 2 aromatic rings. The van der Waals surface area contributed by atoms with Crippen LogP contribution in [-0.4, -0.2) is 23.0 Å². The van der Waals surface area contributed by atoms with Gasteiger partial charge in [0.15, 0.2) is 0 Å². The van der Waals surface area contributed by atoms with Crippen LogP contribution < -0.4 is 21.8 Å². The number of pyridine rings is 1. The number of nitrogen functional groups attached to an aromatic ring is 1. The van der Waals surface area contributed by atoms with Gasteiger partial charge in [-0.1, -0.05) is 12.1 Å². The second-order valence-corrected chi connectivity index (χ2v) is 6.06. The Hall–Kier alpha value is -3.16. The van der Waals surface area contributed by atoms with E-state index in [2.05, 4.69) is 15.6 Å². The highest BCUT2D eigenvalue weighted by Crippen LogP contribution is 2.17. The van der Waals surface area contributed by atoms with Gasteiger partial charge in [-0.05, 0) is 38.5 Å². The third kappa shape index (κ3) is 5.17. The molecule has 1 aromatic heterocycles. The predicted octanol–water partition coefficient (Wildman–Crippen LogP) is 1.62. The summed E-state index contributed by atoms with van der Waals surface area (Å²) in [5.74, 6) is 0.112. The molecule has 8 heteroatoms. The van der Waals surface area contributed by atoms with E-state index in [1.54, 1.807) is 19.1 Å². The van der Waals surface area contributed by atoms with Gasteiger partial charge in [0.2, 0.25) is 0 Å². The summed E-state index contributed by atoms with van der Waals surface area (Å²) < 4.78 is 18.4. The van der Waals surface area contributed by atoms with Crippen molar-refractivity contribution >= 4 is 23.4 Å². The number of hydrogen-bond donors (Lipinski definition) is 4. The van der Waals surface area contributed by atoms with E-state index in [0.29, 0.717) is 11.3 Å². The van der Waals surface area contributed by atoms with E-state index in [-0.39, 0.29) is 29.7 Å². The van der Waals surface area contributed by atoms with Gasteiger partial charge in [0.05, 0.1) is 17.8 Å². The first-order chi connectivity index (χ1) is 12.3. The first-order valence-electron chi connectivity index (χ1n) is 8.14. The molecule has 0 spiro atoms. The summed E-state index contributed by atoms with van der Waals surface area (Å²) in [5, 5.41) is 11.2. The van der Waals surface area contributed by atoms with Crippen molar-refractivity contribution in [2.24, 2.45) is 0 Å². The number of hydrogen-bond acceptors (Lipinski definition) is 4. The van der Waals surface area contributed by atoms with Crippen molar-refractivity contribution in [2.75, 3.05) is 11.1 Å². The molecule has 2 amide bonds. The molecule has 7 nitrogen and oxygen atoms in total. The minimum absolute atomic E-state index is 0.0917. The molecule has 1 atom stereocenters. The maximum Gasteiger partial charge on any atom is 0.370 e. The summed E-state index contributed by atoms with van der Waals surface area (Å²) in [6, 6.07) is 6.62. The van der Waals surface area contributed by atoms with Gasteiger partial charge < -0.3 is 15.8 Å². The Balaban J connectivity index is 1.99. The second kappa shape index (κ2) is 8.28. The Bertz CT molecular complexity index is 793. The Morgan fingerprint density at radius 2 is 1.92 bits per heavy atom. The third-order valence-electron chi connectivity index (χ3n) is 3.52. The van der Waals surface area contributed by atoms with Crippen LogP contribution in [0.4, 0.5) is 20.7 Å². The predicted molar refractivity (Wildman–Crippen MR) is 97.9 cm³/mol. The molecular formula is C18H23FN5O2+. The Morgan fingerprint density at radius 3 is 2.50 bits per heavy atom. The lowest BCUT2D eigenvalue weighted by molar-refractivity contribution is -0.142. The monoisotopic (exact) mass is 360 g/mol. The number of nitrogens with two attached hydrogens (primary N) is 2. The van der Waals surface area contributed by atoms with Crippen molar-refractivity contribution in [3.63, 3.8) is 0 Å². The number of anilines is 2. The summed E-state index contributed by atoms with van der Waals surface area (Å²) in [5.41, 5.74) is 7.52. The normalized spacial score (nSPS) is 11.7. The summed E-state index contributed by atoms with van der Waals surface area (Å²) in [7, 11) is 0. The van der Waals surface area contributed by atoms with E-state index in [9.17, 15) is 9.18 Å². The molecule has 0 aliphatic heterocycles. The van der Waals surface area contributed by atoms with Gasteiger partial charge in [0, 0.05) is 12.3 Å². The number of nitrogens with one attached hydrogen (secondary N) is 2. The minimum Gasteiger partial charge on any atom is -0.442 e. The first kappa shape index (κ1) is 19.2. The molecule has 2 rings (SSSR count). The van der Waals surface area contributed by atoms with Gasteiger partial charge in [0.1, 0.15) is 17.2 Å². The van der Waals surface area contributed by atoms with Crippen LogP contribution >= 0.6 is 0 Å². The molecule has 0 unspecified atom stereocenters. The maximum atomic E-state index is 13.0. The topological polar surface area (TPSA) is 115 Å². The lowest BCUT2D eigenvalue weighted by Crippen LogP contribution is -2.43. The molecule has 6 N–H and O–H groups in total. The van der Waals surface area contributed by atoms with Crippen molar-refractivity contribution in [3.8, 4) is 0 Å². The Kier molecular flexibility index (Phi) is 6.11. The van der Waals surface area contributed by atoms with Crippen molar-refractivity contribution in [3.05, 3.63) is 53.5 Å². The second-order valence-electron chi connectivity index (χ2n) is 6.06. The zero-order chi connectivity index (χ0) is 19.3. The quantitative estimate of drug-likeness (QED) is 0.479. The van der Waals surface area contributed by atoms with Crippen molar-refractivity contribution < 1.29 is 19.3 Å². The lowest BCUT2D eigenvalue weighted by atomic mass is 10.1. The number of amides is 2. The van der Waals surface area contributed by atoms with Crippen LogP contribution in [0.5, 0.6) is 0 Å². The van der Waals surface area contributed by atoms with E-state index in [1.165, 1.54) is 24.4 Å². The van der Waals surface area contributed by atoms with Gasteiger partial charge in [-0.25, -0.2) is 19.6 Å². The molecule has 1 heterocycles. The highest BCUT2D eigenvalue weighted by Gasteiger charge is 2.17. The third-order valence-corrected chi connectivity index (χ3v) is 3.52. The largest absolute Gasteiger partial charge is 0.442 e. The lowest BCUT2D eigenvalue weighted by Gasteiger charge is -2.15. The zero-order valence-electron chi connectivity index (χ0n) is 14.9. The maximum absolute atomic E-state index is 13.0. The molecule has 1 aromatic carbocycles. The summed E-state index contributed by atoms with van der Waals surface area (Å²) >= 11 is 0. The smallest absolute Gasteiger partial charge is 0.370 e. The zero-order valence-corrected chi connectivity index (χ0v) is 14.9. The molecule has 0 saturated carbocycles. The summed E-state index contributed by atoms with van der Waals surface area (Å²) in [6.45, 7) is 5.48. The van der Waals surface area contributed by atoms with Crippen LogP contribution in [0, 0.1) is 5.82 Å². The first-order valence-corrected chi connectivity index (χ1v) is 8.14. The number of nitrogens with zero attached hydrogens (tertiary/aromatic N) is 1. The van der Waals surface area contributed by atoms with E-state index in [0.717, 1.165) is 5.56 Å². The molecule has 26 heavy (non-hydrogen) atoms. The van der Waals surface area contributed by atoms with Crippen molar-refractivity contribution in [1.29, 1.82) is 0 Å². The van der Waals surface area contributed by atoms with E-state index in [1.807, 2.05) is 13.8 Å².